The Balaban J connectivity index is 2.33. The van der Waals surface area contributed by atoms with Crippen LogP contribution in [0.4, 0.5) is 13.2 Å². The van der Waals surface area contributed by atoms with E-state index in [9.17, 15) is 13.2 Å². The molecule has 88 valence electrons. The van der Waals surface area contributed by atoms with Crippen molar-refractivity contribution in [2.45, 2.75) is 0 Å². The Hall–Kier alpha value is -1.49. The molecule has 17 heavy (non-hydrogen) atoms. The third kappa shape index (κ3) is 2.79. The minimum absolute atomic E-state index is 0.0782. The van der Waals surface area contributed by atoms with Crippen molar-refractivity contribution in [3.05, 3.63) is 58.3 Å². The van der Waals surface area contributed by atoms with Gasteiger partial charge in [-0.05, 0) is 34.1 Å². The molecule has 0 heterocycles. The van der Waals surface area contributed by atoms with Crippen LogP contribution in [0.2, 0.25) is 0 Å². The monoisotopic (exact) mass is 302 g/mol. The Morgan fingerprint density at radius 2 is 1.65 bits per heavy atom. The average Bonchev–Trinajstić information content (AvgIpc) is 2.26. The molecule has 5 heteroatoms. The van der Waals surface area contributed by atoms with Crippen molar-refractivity contribution in [3.8, 4) is 11.5 Å². The highest BCUT2D eigenvalue weighted by atomic mass is 79.9. The summed E-state index contributed by atoms with van der Waals surface area (Å²) in [6, 6.07) is 7.21. The molecule has 0 atom stereocenters. The molecule has 2 aromatic carbocycles. The normalized spacial score (nSPS) is 10.4. The summed E-state index contributed by atoms with van der Waals surface area (Å²) in [5, 5.41) is 0. The Kier molecular flexibility index (Phi) is 3.38. The van der Waals surface area contributed by atoms with Gasteiger partial charge in [-0.15, -0.1) is 0 Å². The molecular formula is C12H6BrF3O. The van der Waals surface area contributed by atoms with Crippen molar-refractivity contribution in [3.63, 3.8) is 0 Å². The van der Waals surface area contributed by atoms with Crippen LogP contribution in [0.15, 0.2) is 40.9 Å². The lowest BCUT2D eigenvalue weighted by atomic mass is 10.3. The van der Waals surface area contributed by atoms with Crippen LogP contribution in [-0.2, 0) is 0 Å². The van der Waals surface area contributed by atoms with Crippen LogP contribution in [0, 0.1) is 17.5 Å². The zero-order valence-electron chi connectivity index (χ0n) is 8.38. The molecular weight excluding hydrogens is 297 g/mol. The van der Waals surface area contributed by atoms with Crippen molar-refractivity contribution in [2.75, 3.05) is 0 Å². The highest BCUT2D eigenvalue weighted by Crippen LogP contribution is 2.31. The van der Waals surface area contributed by atoms with E-state index in [0.29, 0.717) is 0 Å². The van der Waals surface area contributed by atoms with Gasteiger partial charge in [0.1, 0.15) is 17.3 Å². The van der Waals surface area contributed by atoms with Gasteiger partial charge in [0.05, 0.1) is 4.47 Å². The number of rotatable bonds is 2. The molecule has 1 nitrogen and oxygen atoms in total. The van der Waals surface area contributed by atoms with Crippen molar-refractivity contribution in [1.82, 2.24) is 0 Å². The zero-order chi connectivity index (χ0) is 12.4. The Bertz CT molecular complexity index is 557. The van der Waals surface area contributed by atoms with Gasteiger partial charge in [0.25, 0.3) is 0 Å². The van der Waals surface area contributed by atoms with E-state index in [1.165, 1.54) is 18.2 Å². The molecule has 0 aliphatic rings. The van der Waals surface area contributed by atoms with Gasteiger partial charge in [-0.2, -0.15) is 0 Å². The molecule has 0 saturated carbocycles. The molecule has 0 spiro atoms. The second-order valence-corrected chi connectivity index (χ2v) is 4.11. The van der Waals surface area contributed by atoms with Crippen molar-refractivity contribution >= 4 is 15.9 Å². The maximum absolute atomic E-state index is 13.0. The minimum atomic E-state index is -1.03. The predicted molar refractivity (Wildman–Crippen MR) is 60.5 cm³/mol. The summed E-state index contributed by atoms with van der Waals surface area (Å²) in [7, 11) is 0. The largest absolute Gasteiger partial charge is 0.456 e. The highest BCUT2D eigenvalue weighted by molar-refractivity contribution is 9.10. The Labute approximate surface area is 104 Å². The molecule has 0 amide bonds. The quantitative estimate of drug-likeness (QED) is 0.733. The summed E-state index contributed by atoms with van der Waals surface area (Å²) < 4.78 is 44.2. The fraction of sp³-hybridized carbons (Fsp3) is 0. The van der Waals surface area contributed by atoms with Gasteiger partial charge in [0.2, 0.25) is 0 Å². The Morgan fingerprint density at radius 3 is 2.35 bits per heavy atom. The summed E-state index contributed by atoms with van der Waals surface area (Å²) in [6.07, 6.45) is 0. The van der Waals surface area contributed by atoms with E-state index < -0.39 is 17.5 Å². The van der Waals surface area contributed by atoms with Gasteiger partial charge in [-0.3, -0.25) is 0 Å². The molecule has 0 aromatic heterocycles. The molecule has 0 aliphatic carbocycles. The number of hydrogen-bond acceptors (Lipinski definition) is 1. The van der Waals surface area contributed by atoms with Gasteiger partial charge >= 0.3 is 0 Å². The van der Waals surface area contributed by atoms with Crippen LogP contribution in [0.1, 0.15) is 0 Å². The fourth-order valence-corrected chi connectivity index (χ4v) is 1.64. The third-order valence-electron chi connectivity index (χ3n) is 2.00. The smallest absolute Gasteiger partial charge is 0.162 e. The molecule has 2 rings (SSSR count). The molecule has 0 unspecified atom stereocenters. The highest BCUT2D eigenvalue weighted by Gasteiger charge is 2.10. The summed E-state index contributed by atoms with van der Waals surface area (Å²) in [4.78, 5) is 0. The molecule has 2 aromatic rings. The summed E-state index contributed by atoms with van der Waals surface area (Å²) >= 11 is 3.03. The van der Waals surface area contributed by atoms with E-state index in [0.717, 1.165) is 18.2 Å². The van der Waals surface area contributed by atoms with Gasteiger partial charge in [-0.1, -0.05) is 6.07 Å². The van der Waals surface area contributed by atoms with E-state index >= 15 is 0 Å². The lowest BCUT2D eigenvalue weighted by molar-refractivity contribution is 0.455. The van der Waals surface area contributed by atoms with Crippen molar-refractivity contribution < 1.29 is 17.9 Å². The van der Waals surface area contributed by atoms with E-state index in [1.807, 2.05) is 0 Å². The molecule has 0 bridgehead atoms. The first-order valence-corrected chi connectivity index (χ1v) is 5.43. The van der Waals surface area contributed by atoms with Crippen LogP contribution in [0.5, 0.6) is 11.5 Å². The first-order valence-electron chi connectivity index (χ1n) is 4.64. The standard InChI is InChI=1S/C12H6BrF3O/c13-9-5-10(15)11(16)6-12(9)17-8-3-1-2-7(14)4-8/h1-6H. The first-order chi connectivity index (χ1) is 8.06. The maximum atomic E-state index is 13.0. The number of halogens is 4. The fourth-order valence-electron chi connectivity index (χ4n) is 1.24. The second-order valence-electron chi connectivity index (χ2n) is 3.26. The minimum Gasteiger partial charge on any atom is -0.456 e. The molecule has 0 N–H and O–H groups in total. The van der Waals surface area contributed by atoms with Crippen LogP contribution in [0.3, 0.4) is 0 Å². The number of hydrogen-bond donors (Lipinski definition) is 0. The summed E-state index contributed by atoms with van der Waals surface area (Å²) in [6.45, 7) is 0. The average molecular weight is 303 g/mol. The summed E-state index contributed by atoms with van der Waals surface area (Å²) in [5.41, 5.74) is 0. The van der Waals surface area contributed by atoms with E-state index in [2.05, 4.69) is 15.9 Å². The molecule has 0 aliphatic heterocycles. The third-order valence-corrected chi connectivity index (χ3v) is 2.62. The van der Waals surface area contributed by atoms with E-state index in [-0.39, 0.29) is 16.0 Å². The van der Waals surface area contributed by atoms with Crippen LogP contribution < -0.4 is 4.74 Å². The number of benzene rings is 2. The van der Waals surface area contributed by atoms with Crippen LogP contribution >= 0.6 is 15.9 Å². The molecule has 0 radical (unpaired) electrons. The SMILES string of the molecule is Fc1cccc(Oc2cc(F)c(F)cc2Br)c1. The summed E-state index contributed by atoms with van der Waals surface area (Å²) in [5.74, 6) is -2.20. The van der Waals surface area contributed by atoms with Gasteiger partial charge in [0.15, 0.2) is 11.6 Å². The second kappa shape index (κ2) is 4.79. The lowest BCUT2D eigenvalue weighted by Crippen LogP contribution is -1.90. The Morgan fingerprint density at radius 1 is 0.941 bits per heavy atom. The van der Waals surface area contributed by atoms with Gasteiger partial charge < -0.3 is 4.74 Å². The van der Waals surface area contributed by atoms with Crippen LogP contribution in [-0.4, -0.2) is 0 Å². The van der Waals surface area contributed by atoms with Crippen molar-refractivity contribution in [2.24, 2.45) is 0 Å². The van der Waals surface area contributed by atoms with Crippen molar-refractivity contribution in [1.29, 1.82) is 0 Å². The van der Waals surface area contributed by atoms with E-state index in [4.69, 9.17) is 4.74 Å². The van der Waals surface area contributed by atoms with Gasteiger partial charge in [0, 0.05) is 12.1 Å². The predicted octanol–water partition coefficient (Wildman–Crippen LogP) is 4.66. The van der Waals surface area contributed by atoms with Gasteiger partial charge in [-0.25, -0.2) is 13.2 Å². The maximum Gasteiger partial charge on any atom is 0.162 e. The topological polar surface area (TPSA) is 9.23 Å². The number of ether oxygens (including phenoxy) is 1. The molecule has 0 saturated heterocycles. The first kappa shape index (κ1) is 12.0. The van der Waals surface area contributed by atoms with E-state index in [1.54, 1.807) is 0 Å². The molecule has 0 fully saturated rings. The lowest BCUT2D eigenvalue weighted by Gasteiger charge is -2.08. The van der Waals surface area contributed by atoms with Crippen LogP contribution in [0.25, 0.3) is 0 Å². The zero-order valence-corrected chi connectivity index (χ0v) is 9.97.